The van der Waals surface area contributed by atoms with Crippen LogP contribution in [0, 0.1) is 6.92 Å². The van der Waals surface area contributed by atoms with Crippen molar-refractivity contribution < 1.29 is 0 Å². The lowest BCUT2D eigenvalue weighted by Crippen LogP contribution is -2.16. The largest absolute Gasteiger partial charge is 0.310 e. The molecule has 3 nitrogen and oxygen atoms in total. The number of nitrogens with zero attached hydrogens (tertiary/aromatic N) is 2. The highest BCUT2D eigenvalue weighted by Gasteiger charge is 2.20. The molecule has 0 bridgehead atoms. The van der Waals surface area contributed by atoms with Gasteiger partial charge in [0.25, 0.3) is 0 Å². The van der Waals surface area contributed by atoms with E-state index in [1.54, 1.807) is 0 Å². The van der Waals surface area contributed by atoms with Gasteiger partial charge in [0.1, 0.15) is 0 Å². The van der Waals surface area contributed by atoms with Crippen LogP contribution in [0.5, 0.6) is 0 Å². The van der Waals surface area contributed by atoms with E-state index in [2.05, 4.69) is 56.2 Å². The summed E-state index contributed by atoms with van der Waals surface area (Å²) in [4.78, 5) is 0. The topological polar surface area (TPSA) is 29.9 Å². The lowest BCUT2D eigenvalue weighted by Gasteiger charge is -2.07. The van der Waals surface area contributed by atoms with Gasteiger partial charge in [0.2, 0.25) is 0 Å². The van der Waals surface area contributed by atoms with E-state index < -0.39 is 0 Å². The minimum Gasteiger partial charge on any atom is -0.310 e. The van der Waals surface area contributed by atoms with Gasteiger partial charge in [-0.15, -0.1) is 0 Å². The Morgan fingerprint density at radius 1 is 1.42 bits per heavy atom. The molecule has 0 amide bonds. The van der Waals surface area contributed by atoms with Gasteiger partial charge in [-0.25, -0.2) is 0 Å². The van der Waals surface area contributed by atoms with Crippen LogP contribution < -0.4 is 5.32 Å². The molecule has 0 atom stereocenters. The summed E-state index contributed by atoms with van der Waals surface area (Å²) in [5.41, 5.74) is 3.83. The predicted octanol–water partition coefficient (Wildman–Crippen LogP) is 3.25. The van der Waals surface area contributed by atoms with Crippen LogP contribution in [0.15, 0.2) is 34.9 Å². The summed E-state index contributed by atoms with van der Waals surface area (Å²) >= 11 is 3.51. The summed E-state index contributed by atoms with van der Waals surface area (Å²) in [5, 5.41) is 8.04. The van der Waals surface area contributed by atoms with E-state index in [0.29, 0.717) is 0 Å². The van der Waals surface area contributed by atoms with E-state index in [-0.39, 0.29) is 0 Å². The van der Waals surface area contributed by atoms with Crippen LogP contribution in [0.4, 0.5) is 0 Å². The summed E-state index contributed by atoms with van der Waals surface area (Å²) in [5.74, 6) is 0. The zero-order chi connectivity index (χ0) is 13.2. The van der Waals surface area contributed by atoms with Crippen LogP contribution in [0.25, 0.3) is 0 Å². The fourth-order valence-corrected chi connectivity index (χ4v) is 2.61. The smallest absolute Gasteiger partial charge is 0.0662 e. The highest BCUT2D eigenvalue weighted by Crippen LogP contribution is 2.20. The third kappa shape index (κ3) is 3.25. The Balaban J connectivity index is 1.70. The third-order valence-corrected chi connectivity index (χ3v) is 4.08. The van der Waals surface area contributed by atoms with Crippen molar-refractivity contribution in [1.29, 1.82) is 0 Å². The van der Waals surface area contributed by atoms with Crippen LogP contribution in [-0.4, -0.2) is 15.8 Å². The average molecular weight is 320 g/mol. The zero-order valence-electron chi connectivity index (χ0n) is 11.1. The second-order valence-electron chi connectivity index (χ2n) is 5.20. The van der Waals surface area contributed by atoms with Gasteiger partial charge in [-0.3, -0.25) is 4.68 Å². The van der Waals surface area contributed by atoms with E-state index in [1.165, 1.54) is 29.7 Å². The molecule has 4 heteroatoms. The van der Waals surface area contributed by atoms with E-state index in [9.17, 15) is 0 Å². The number of aromatic nitrogens is 2. The molecule has 1 aliphatic rings. The fraction of sp³-hybridized carbons (Fsp3) is 0.400. The van der Waals surface area contributed by atoms with Crippen molar-refractivity contribution >= 4 is 15.9 Å². The van der Waals surface area contributed by atoms with Gasteiger partial charge in [0.05, 0.1) is 12.7 Å². The number of rotatable bonds is 5. The monoisotopic (exact) mass is 319 g/mol. The molecule has 2 aromatic rings. The van der Waals surface area contributed by atoms with E-state index in [1.807, 2.05) is 12.3 Å². The van der Waals surface area contributed by atoms with Crippen molar-refractivity contribution in [1.82, 2.24) is 15.1 Å². The molecular formula is C15H18BrN3. The molecule has 3 rings (SSSR count). The number of nitrogens with one attached hydrogen (secondary N) is 1. The summed E-state index contributed by atoms with van der Waals surface area (Å²) in [6.45, 7) is 3.92. The Hall–Kier alpha value is -1.13. The lowest BCUT2D eigenvalue weighted by molar-refractivity contribution is 0.654. The minimum absolute atomic E-state index is 0.743. The summed E-state index contributed by atoms with van der Waals surface area (Å²) in [6, 6.07) is 9.13. The van der Waals surface area contributed by atoms with Crippen molar-refractivity contribution in [2.75, 3.05) is 0 Å². The Morgan fingerprint density at radius 2 is 2.26 bits per heavy atom. The van der Waals surface area contributed by atoms with Crippen molar-refractivity contribution in [2.24, 2.45) is 0 Å². The molecule has 1 aromatic carbocycles. The maximum atomic E-state index is 4.50. The van der Waals surface area contributed by atoms with Gasteiger partial charge in [0.15, 0.2) is 0 Å². The Labute approximate surface area is 122 Å². The Kier molecular flexibility index (Phi) is 3.71. The summed E-state index contributed by atoms with van der Waals surface area (Å²) in [6.07, 6.45) is 4.64. The van der Waals surface area contributed by atoms with E-state index >= 15 is 0 Å². The molecule has 1 fully saturated rings. The second-order valence-corrected chi connectivity index (χ2v) is 6.11. The van der Waals surface area contributed by atoms with Crippen LogP contribution >= 0.6 is 15.9 Å². The minimum atomic E-state index is 0.743. The molecule has 1 saturated carbocycles. The highest BCUT2D eigenvalue weighted by atomic mass is 79.9. The van der Waals surface area contributed by atoms with Crippen LogP contribution in [0.3, 0.4) is 0 Å². The Bertz CT molecular complexity index is 573. The molecule has 1 N–H and O–H groups in total. The first-order chi connectivity index (χ1) is 9.22. The van der Waals surface area contributed by atoms with Gasteiger partial charge in [-0.1, -0.05) is 28.1 Å². The normalized spacial score (nSPS) is 14.8. The van der Waals surface area contributed by atoms with Crippen molar-refractivity contribution in [3.63, 3.8) is 0 Å². The van der Waals surface area contributed by atoms with Crippen molar-refractivity contribution in [3.05, 3.63) is 51.8 Å². The highest BCUT2D eigenvalue weighted by molar-refractivity contribution is 9.10. The SMILES string of the molecule is Cc1c(CNC2CC2)cnn1Cc1cccc(Br)c1. The summed E-state index contributed by atoms with van der Waals surface area (Å²) < 4.78 is 3.19. The van der Waals surface area contributed by atoms with Crippen molar-refractivity contribution in [3.8, 4) is 0 Å². The molecule has 1 heterocycles. The van der Waals surface area contributed by atoms with Gasteiger partial charge in [0, 0.05) is 28.3 Å². The number of halogens is 1. The molecule has 19 heavy (non-hydrogen) atoms. The average Bonchev–Trinajstić information content (AvgIpc) is 3.15. The van der Waals surface area contributed by atoms with Crippen LogP contribution in [-0.2, 0) is 13.1 Å². The third-order valence-electron chi connectivity index (χ3n) is 3.58. The molecule has 0 spiro atoms. The molecule has 1 aromatic heterocycles. The van der Waals surface area contributed by atoms with Crippen molar-refractivity contribution in [2.45, 2.75) is 38.9 Å². The molecular weight excluding hydrogens is 302 g/mol. The quantitative estimate of drug-likeness (QED) is 0.916. The molecule has 100 valence electrons. The van der Waals surface area contributed by atoms with Gasteiger partial charge < -0.3 is 5.32 Å². The predicted molar refractivity (Wildman–Crippen MR) is 80.1 cm³/mol. The van der Waals surface area contributed by atoms with Gasteiger partial charge in [-0.05, 0) is 37.5 Å². The van der Waals surface area contributed by atoms with Crippen LogP contribution in [0.1, 0.15) is 29.7 Å². The molecule has 1 aliphatic carbocycles. The fourth-order valence-electron chi connectivity index (χ4n) is 2.17. The standard InChI is InChI=1S/C15H18BrN3/c1-11-13(8-17-15-5-6-15)9-18-19(11)10-12-3-2-4-14(16)7-12/h2-4,7,9,15,17H,5-6,8,10H2,1H3. The molecule has 0 aliphatic heterocycles. The van der Waals surface area contributed by atoms with E-state index in [4.69, 9.17) is 0 Å². The van der Waals surface area contributed by atoms with Gasteiger partial charge in [-0.2, -0.15) is 5.10 Å². The number of hydrogen-bond acceptors (Lipinski definition) is 2. The summed E-state index contributed by atoms with van der Waals surface area (Å²) in [7, 11) is 0. The molecule has 0 saturated heterocycles. The molecule has 0 unspecified atom stereocenters. The molecule has 0 radical (unpaired) electrons. The Morgan fingerprint density at radius 3 is 3.00 bits per heavy atom. The second kappa shape index (κ2) is 5.47. The first-order valence-electron chi connectivity index (χ1n) is 6.71. The van der Waals surface area contributed by atoms with Crippen LogP contribution in [0.2, 0.25) is 0 Å². The lowest BCUT2D eigenvalue weighted by atomic mass is 10.2. The maximum absolute atomic E-state index is 4.50. The number of hydrogen-bond donors (Lipinski definition) is 1. The number of benzene rings is 1. The first kappa shape index (κ1) is 12.9. The zero-order valence-corrected chi connectivity index (χ0v) is 12.7. The van der Waals surface area contributed by atoms with E-state index in [0.717, 1.165) is 23.6 Å². The maximum Gasteiger partial charge on any atom is 0.0662 e. The first-order valence-corrected chi connectivity index (χ1v) is 7.51. The van der Waals surface area contributed by atoms with Gasteiger partial charge >= 0.3 is 0 Å².